The maximum atomic E-state index is 3.33. The third-order valence-electron chi connectivity index (χ3n) is 4.71. The van der Waals surface area contributed by atoms with Crippen LogP contribution in [0.2, 0.25) is 0 Å². The van der Waals surface area contributed by atoms with Crippen LogP contribution in [0.1, 0.15) is 47.2 Å². The summed E-state index contributed by atoms with van der Waals surface area (Å²) in [5.74, 6) is 13.2. The Kier molecular flexibility index (Phi) is 7.10. The van der Waals surface area contributed by atoms with Gasteiger partial charge in [-0.25, -0.2) is 0 Å². The summed E-state index contributed by atoms with van der Waals surface area (Å²) in [5, 5.41) is 2.27. The summed E-state index contributed by atoms with van der Waals surface area (Å²) in [4.78, 5) is 0. The van der Waals surface area contributed by atoms with E-state index in [1.54, 1.807) is 0 Å². The van der Waals surface area contributed by atoms with Gasteiger partial charge in [-0.05, 0) is 61.0 Å². The minimum Gasteiger partial charge on any atom is -0.0683 e. The molecule has 0 radical (unpaired) electrons. The van der Waals surface area contributed by atoms with Gasteiger partial charge in [0, 0.05) is 22.3 Å². The molecule has 0 aliphatic rings. The number of hydrogen-bond donors (Lipinski definition) is 0. The maximum absolute atomic E-state index is 3.33. The van der Waals surface area contributed by atoms with Crippen molar-refractivity contribution in [1.82, 2.24) is 0 Å². The standard InChI is InChI=1S/C28H20.C2H6/c1-21-7-11-23(12-8-21)15-17-25-19-20-26(28-6-4-3-5-27(25)28)18-16-24-13-9-22(2)10-14-24;1-2/h3-14,19-20H,1-2H3;1-2H3. The van der Waals surface area contributed by atoms with E-state index in [2.05, 4.69) is 122 Å². The van der Waals surface area contributed by atoms with E-state index in [4.69, 9.17) is 0 Å². The zero-order valence-electron chi connectivity index (χ0n) is 18.1. The van der Waals surface area contributed by atoms with Gasteiger partial charge in [-0.15, -0.1) is 0 Å². The molecule has 0 nitrogen and oxygen atoms in total. The molecule has 0 atom stereocenters. The molecule has 0 bridgehead atoms. The van der Waals surface area contributed by atoms with Crippen LogP contribution in [0.5, 0.6) is 0 Å². The third-order valence-corrected chi connectivity index (χ3v) is 4.71. The molecule has 0 aliphatic heterocycles. The molecule has 0 spiro atoms. The Balaban J connectivity index is 0.00000124. The number of aryl methyl sites for hydroxylation is 2. The van der Waals surface area contributed by atoms with E-state index in [9.17, 15) is 0 Å². The second kappa shape index (κ2) is 10.2. The highest BCUT2D eigenvalue weighted by Crippen LogP contribution is 2.22. The molecule has 146 valence electrons. The van der Waals surface area contributed by atoms with E-state index < -0.39 is 0 Å². The van der Waals surface area contributed by atoms with Crippen LogP contribution >= 0.6 is 0 Å². The van der Waals surface area contributed by atoms with Gasteiger partial charge in [0.25, 0.3) is 0 Å². The zero-order chi connectivity index (χ0) is 21.3. The smallest absolute Gasteiger partial charge is 0.0328 e. The fraction of sp³-hybridized carbons (Fsp3) is 0.133. The summed E-state index contributed by atoms with van der Waals surface area (Å²) in [5.41, 5.74) is 6.59. The van der Waals surface area contributed by atoms with Crippen molar-refractivity contribution in [2.75, 3.05) is 0 Å². The Morgan fingerprint density at radius 3 is 1.17 bits per heavy atom. The summed E-state index contributed by atoms with van der Waals surface area (Å²) < 4.78 is 0. The Labute approximate surface area is 180 Å². The van der Waals surface area contributed by atoms with E-state index in [1.165, 1.54) is 11.1 Å². The van der Waals surface area contributed by atoms with Crippen molar-refractivity contribution in [2.45, 2.75) is 27.7 Å². The minimum absolute atomic E-state index is 1.03. The van der Waals surface area contributed by atoms with Gasteiger partial charge in [-0.3, -0.25) is 0 Å². The first-order valence-corrected chi connectivity index (χ1v) is 10.4. The average Bonchev–Trinajstić information content (AvgIpc) is 2.80. The number of rotatable bonds is 0. The van der Waals surface area contributed by atoms with Crippen LogP contribution in [0, 0.1) is 37.5 Å². The normalized spacial score (nSPS) is 9.47. The van der Waals surface area contributed by atoms with E-state index in [0.717, 1.165) is 33.0 Å². The molecule has 4 aromatic carbocycles. The summed E-state index contributed by atoms with van der Waals surface area (Å²) >= 11 is 0. The van der Waals surface area contributed by atoms with E-state index >= 15 is 0 Å². The molecule has 30 heavy (non-hydrogen) atoms. The van der Waals surface area contributed by atoms with Gasteiger partial charge in [0.05, 0.1) is 0 Å². The van der Waals surface area contributed by atoms with Crippen molar-refractivity contribution in [2.24, 2.45) is 0 Å². The van der Waals surface area contributed by atoms with Crippen molar-refractivity contribution in [3.05, 3.63) is 118 Å². The fourth-order valence-electron chi connectivity index (χ4n) is 3.07. The first-order chi connectivity index (χ1) is 14.7. The summed E-state index contributed by atoms with van der Waals surface area (Å²) in [7, 11) is 0. The molecule has 0 unspecified atom stereocenters. The van der Waals surface area contributed by atoms with Gasteiger partial charge in [-0.2, -0.15) is 0 Å². The van der Waals surface area contributed by atoms with Gasteiger partial charge >= 0.3 is 0 Å². The maximum Gasteiger partial charge on any atom is 0.0328 e. The molecule has 0 saturated carbocycles. The molecule has 0 heteroatoms. The van der Waals surface area contributed by atoms with E-state index in [-0.39, 0.29) is 0 Å². The lowest BCUT2D eigenvalue weighted by molar-refractivity contribution is 1.46. The molecule has 0 fully saturated rings. The molecule has 0 N–H and O–H groups in total. The van der Waals surface area contributed by atoms with Crippen LogP contribution in [-0.4, -0.2) is 0 Å². The van der Waals surface area contributed by atoms with Gasteiger partial charge < -0.3 is 0 Å². The van der Waals surface area contributed by atoms with Crippen LogP contribution in [0.25, 0.3) is 10.8 Å². The summed E-state index contributed by atoms with van der Waals surface area (Å²) in [6, 6.07) is 29.1. The Bertz CT molecular complexity index is 1150. The molecule has 0 aromatic heterocycles. The highest BCUT2D eigenvalue weighted by molar-refractivity contribution is 5.93. The summed E-state index contributed by atoms with van der Waals surface area (Å²) in [6.07, 6.45) is 0. The summed E-state index contributed by atoms with van der Waals surface area (Å²) in [6.45, 7) is 8.17. The lowest BCUT2D eigenvalue weighted by atomic mass is 9.99. The Morgan fingerprint density at radius 1 is 0.433 bits per heavy atom. The fourth-order valence-corrected chi connectivity index (χ4v) is 3.07. The molecule has 0 amide bonds. The number of fused-ring (bicyclic) bond motifs is 1. The highest BCUT2D eigenvalue weighted by atomic mass is 14.0. The number of benzene rings is 4. The van der Waals surface area contributed by atoms with Gasteiger partial charge in [-0.1, -0.05) is 97.2 Å². The topological polar surface area (TPSA) is 0 Å². The van der Waals surface area contributed by atoms with Crippen molar-refractivity contribution >= 4 is 10.8 Å². The molecule has 0 saturated heterocycles. The Morgan fingerprint density at radius 2 is 0.800 bits per heavy atom. The SMILES string of the molecule is CC.Cc1ccc(C#Cc2ccc(C#Cc3ccc(C)cc3)c3ccccc23)cc1. The van der Waals surface area contributed by atoms with Crippen molar-refractivity contribution in [3.8, 4) is 23.7 Å². The van der Waals surface area contributed by atoms with E-state index in [0.29, 0.717) is 0 Å². The minimum atomic E-state index is 1.03. The third kappa shape index (κ3) is 5.20. The lowest BCUT2D eigenvalue weighted by Gasteiger charge is -2.03. The first kappa shape index (κ1) is 21.0. The van der Waals surface area contributed by atoms with Crippen LogP contribution < -0.4 is 0 Å². The number of hydrogen-bond acceptors (Lipinski definition) is 0. The second-order valence-electron chi connectivity index (χ2n) is 6.94. The second-order valence-corrected chi connectivity index (χ2v) is 6.94. The quantitative estimate of drug-likeness (QED) is 0.279. The van der Waals surface area contributed by atoms with Crippen molar-refractivity contribution in [3.63, 3.8) is 0 Å². The van der Waals surface area contributed by atoms with E-state index in [1.807, 2.05) is 13.8 Å². The average molecular weight is 387 g/mol. The van der Waals surface area contributed by atoms with Crippen molar-refractivity contribution < 1.29 is 0 Å². The lowest BCUT2D eigenvalue weighted by Crippen LogP contribution is -1.85. The molecule has 0 heterocycles. The largest absolute Gasteiger partial charge is 0.0683 e. The first-order valence-electron chi connectivity index (χ1n) is 10.4. The zero-order valence-corrected chi connectivity index (χ0v) is 18.1. The van der Waals surface area contributed by atoms with Crippen LogP contribution in [0.15, 0.2) is 84.9 Å². The predicted octanol–water partition coefficient (Wildman–Crippen LogP) is 7.28. The van der Waals surface area contributed by atoms with Crippen LogP contribution in [0.3, 0.4) is 0 Å². The molecule has 4 rings (SSSR count). The monoisotopic (exact) mass is 386 g/mol. The van der Waals surface area contributed by atoms with Crippen LogP contribution in [0.4, 0.5) is 0 Å². The van der Waals surface area contributed by atoms with Gasteiger partial charge in [0.15, 0.2) is 0 Å². The van der Waals surface area contributed by atoms with Gasteiger partial charge in [0.2, 0.25) is 0 Å². The molecular formula is C30H26. The molecule has 4 aromatic rings. The van der Waals surface area contributed by atoms with Crippen molar-refractivity contribution in [1.29, 1.82) is 0 Å². The Hall–Kier alpha value is -3.74. The van der Waals surface area contributed by atoms with Crippen LogP contribution in [-0.2, 0) is 0 Å². The highest BCUT2D eigenvalue weighted by Gasteiger charge is 2.02. The molecular weight excluding hydrogens is 360 g/mol. The molecule has 0 aliphatic carbocycles. The predicted molar refractivity (Wildman–Crippen MR) is 130 cm³/mol. The van der Waals surface area contributed by atoms with Gasteiger partial charge in [0.1, 0.15) is 0 Å².